The van der Waals surface area contributed by atoms with Crippen LogP contribution in [-0.4, -0.2) is 42.8 Å². The lowest BCUT2D eigenvalue weighted by molar-refractivity contribution is -0.158. The lowest BCUT2D eigenvalue weighted by Gasteiger charge is -2.27. The number of methoxy groups -OCH3 is 1. The maximum absolute atomic E-state index is 12.4. The highest BCUT2D eigenvalue weighted by Gasteiger charge is 2.30. The molecule has 0 aromatic heterocycles. The Morgan fingerprint density at radius 3 is 2.07 bits per heavy atom. The Hall–Kier alpha value is -2.57. The molecule has 0 aliphatic carbocycles. The molecule has 0 radical (unpaired) electrons. The quantitative estimate of drug-likeness (QED) is 0.711. The van der Waals surface area contributed by atoms with E-state index in [0.29, 0.717) is 0 Å². The molecule has 0 fully saturated rings. The van der Waals surface area contributed by atoms with Gasteiger partial charge in [-0.15, -0.1) is 0 Å². The van der Waals surface area contributed by atoms with Crippen molar-refractivity contribution in [3.63, 3.8) is 0 Å². The van der Waals surface area contributed by atoms with Crippen molar-refractivity contribution in [2.75, 3.05) is 7.11 Å². The molecule has 0 saturated heterocycles. The van der Waals surface area contributed by atoms with Crippen LogP contribution < -0.4 is 10.6 Å². The summed E-state index contributed by atoms with van der Waals surface area (Å²) < 4.78 is 10.1. The minimum atomic E-state index is -0.871. The fraction of sp³-hybridized carbons (Fsp3) is 0.550. The van der Waals surface area contributed by atoms with E-state index in [0.717, 1.165) is 5.56 Å². The van der Waals surface area contributed by atoms with Crippen molar-refractivity contribution in [3.8, 4) is 0 Å². The monoisotopic (exact) mass is 378 g/mol. The predicted octanol–water partition coefficient (Wildman–Crippen LogP) is 2.44. The number of rotatable bonds is 7. The van der Waals surface area contributed by atoms with Crippen LogP contribution in [0.3, 0.4) is 0 Å². The topological polar surface area (TPSA) is 93.7 Å². The number of benzene rings is 1. The molecule has 0 bridgehead atoms. The van der Waals surface area contributed by atoms with Gasteiger partial charge in [0.2, 0.25) is 0 Å². The first kappa shape index (κ1) is 22.5. The highest BCUT2D eigenvalue weighted by molar-refractivity contribution is 5.87. The maximum atomic E-state index is 12.4. The molecule has 1 rings (SSSR count). The number of nitrogens with one attached hydrogen (secondary N) is 2. The Kier molecular flexibility index (Phi) is 8.28. The first-order chi connectivity index (χ1) is 12.5. The van der Waals surface area contributed by atoms with E-state index in [1.807, 2.05) is 30.3 Å². The molecule has 2 N–H and O–H groups in total. The lowest BCUT2D eigenvalue weighted by atomic mass is 10.0. The van der Waals surface area contributed by atoms with Crippen LogP contribution in [0.15, 0.2) is 30.3 Å². The molecule has 1 unspecified atom stereocenters. The van der Waals surface area contributed by atoms with Gasteiger partial charge in [-0.2, -0.15) is 0 Å². The maximum Gasteiger partial charge on any atom is 0.329 e. The summed E-state index contributed by atoms with van der Waals surface area (Å²) in [7, 11) is 1.26. The smallest absolute Gasteiger partial charge is 0.329 e. The Morgan fingerprint density at radius 1 is 1.00 bits per heavy atom. The third kappa shape index (κ3) is 8.11. The molecular weight excluding hydrogens is 348 g/mol. The molecule has 1 aromatic carbocycles. The third-order valence-corrected chi connectivity index (χ3v) is 3.69. The van der Waals surface area contributed by atoms with Crippen molar-refractivity contribution in [1.29, 1.82) is 0 Å². The normalized spacial score (nSPS) is 13.4. The molecule has 7 heteroatoms. The molecular formula is C20H30N2O5. The van der Waals surface area contributed by atoms with Gasteiger partial charge >= 0.3 is 18.0 Å². The number of ether oxygens (including phenoxy) is 2. The molecule has 27 heavy (non-hydrogen) atoms. The van der Waals surface area contributed by atoms with E-state index in [1.54, 1.807) is 34.6 Å². The molecule has 150 valence electrons. The average molecular weight is 378 g/mol. The summed E-state index contributed by atoms with van der Waals surface area (Å²) in [6.07, 6.45) is 0.277. The number of hydrogen-bond donors (Lipinski definition) is 2. The molecule has 0 spiro atoms. The van der Waals surface area contributed by atoms with Crippen molar-refractivity contribution < 1.29 is 23.9 Å². The number of amides is 2. The van der Waals surface area contributed by atoms with Crippen LogP contribution in [0, 0.1) is 5.92 Å². The molecule has 2 amide bonds. The van der Waals surface area contributed by atoms with E-state index >= 15 is 0 Å². The number of urea groups is 1. The van der Waals surface area contributed by atoms with E-state index in [2.05, 4.69) is 10.6 Å². The summed E-state index contributed by atoms with van der Waals surface area (Å²) in [5.41, 5.74) is 0.213. The van der Waals surface area contributed by atoms with E-state index < -0.39 is 35.7 Å². The van der Waals surface area contributed by atoms with E-state index in [4.69, 9.17) is 9.47 Å². The fourth-order valence-corrected chi connectivity index (χ4v) is 2.39. The van der Waals surface area contributed by atoms with Gasteiger partial charge in [0.25, 0.3) is 0 Å². The van der Waals surface area contributed by atoms with Gasteiger partial charge in [0.1, 0.15) is 17.7 Å². The van der Waals surface area contributed by atoms with Crippen molar-refractivity contribution in [1.82, 2.24) is 10.6 Å². The first-order valence-electron chi connectivity index (χ1n) is 8.95. The second-order valence-electron chi connectivity index (χ2n) is 7.64. The third-order valence-electron chi connectivity index (χ3n) is 3.69. The number of hydrogen-bond acceptors (Lipinski definition) is 5. The average Bonchev–Trinajstić information content (AvgIpc) is 2.57. The predicted molar refractivity (Wildman–Crippen MR) is 102 cm³/mol. The Balaban J connectivity index is 2.81. The largest absolute Gasteiger partial charge is 0.467 e. The Morgan fingerprint density at radius 2 is 1.59 bits per heavy atom. The highest BCUT2D eigenvalue weighted by atomic mass is 16.6. The SMILES string of the molecule is COC(=O)[C@H](Cc1ccccc1)NC(=O)NC(C(=O)OC(C)(C)C)C(C)C. The van der Waals surface area contributed by atoms with Crippen LogP contribution in [0.4, 0.5) is 4.79 Å². The van der Waals surface area contributed by atoms with Crippen LogP contribution >= 0.6 is 0 Å². The highest BCUT2D eigenvalue weighted by Crippen LogP contribution is 2.12. The van der Waals surface area contributed by atoms with Gasteiger partial charge in [-0.05, 0) is 32.3 Å². The van der Waals surface area contributed by atoms with E-state index in [9.17, 15) is 14.4 Å². The molecule has 7 nitrogen and oxygen atoms in total. The summed E-state index contributed by atoms with van der Waals surface area (Å²) in [5, 5.41) is 5.19. The Bertz CT molecular complexity index is 638. The van der Waals surface area contributed by atoms with Gasteiger partial charge in [-0.25, -0.2) is 14.4 Å². The van der Waals surface area contributed by atoms with Crippen LogP contribution in [0.5, 0.6) is 0 Å². The standard InChI is InChI=1S/C20H30N2O5/c1-13(2)16(18(24)27-20(3,4)5)22-19(25)21-15(17(23)26-6)12-14-10-8-7-9-11-14/h7-11,13,15-16H,12H2,1-6H3,(H2,21,22,25)/t15-,16?/m0/s1. The van der Waals surface area contributed by atoms with Crippen LogP contribution in [-0.2, 0) is 25.5 Å². The zero-order chi connectivity index (χ0) is 20.6. The molecule has 0 heterocycles. The van der Waals surface area contributed by atoms with Crippen molar-refractivity contribution in [3.05, 3.63) is 35.9 Å². The number of carbonyl (C=O) groups excluding carboxylic acids is 3. The van der Waals surface area contributed by atoms with Crippen molar-refractivity contribution in [2.45, 2.75) is 58.7 Å². The first-order valence-corrected chi connectivity index (χ1v) is 8.95. The molecule has 0 aliphatic heterocycles. The van der Waals surface area contributed by atoms with E-state index in [-0.39, 0.29) is 12.3 Å². The van der Waals surface area contributed by atoms with E-state index in [1.165, 1.54) is 7.11 Å². The number of carbonyl (C=O) groups is 3. The van der Waals surface area contributed by atoms with Gasteiger partial charge in [0, 0.05) is 6.42 Å². The minimum absolute atomic E-state index is 0.184. The molecule has 2 atom stereocenters. The van der Waals surface area contributed by atoms with Gasteiger partial charge in [-0.1, -0.05) is 44.2 Å². The number of esters is 2. The lowest BCUT2D eigenvalue weighted by Crippen LogP contribution is -2.54. The van der Waals surface area contributed by atoms with Crippen LogP contribution in [0.25, 0.3) is 0 Å². The molecule has 0 saturated carbocycles. The van der Waals surface area contributed by atoms with Crippen molar-refractivity contribution >= 4 is 18.0 Å². The summed E-state index contributed by atoms with van der Waals surface area (Å²) in [6.45, 7) is 8.88. The molecule has 0 aliphatic rings. The molecule has 1 aromatic rings. The fourth-order valence-electron chi connectivity index (χ4n) is 2.39. The van der Waals surface area contributed by atoms with Crippen LogP contribution in [0.1, 0.15) is 40.2 Å². The Labute approximate surface area is 160 Å². The van der Waals surface area contributed by atoms with Gasteiger partial charge in [-0.3, -0.25) is 0 Å². The zero-order valence-corrected chi connectivity index (χ0v) is 16.9. The van der Waals surface area contributed by atoms with Crippen molar-refractivity contribution in [2.24, 2.45) is 5.92 Å². The van der Waals surface area contributed by atoms with Gasteiger partial charge in [0.05, 0.1) is 7.11 Å². The van der Waals surface area contributed by atoms with Gasteiger partial charge in [0.15, 0.2) is 0 Å². The summed E-state index contributed by atoms with van der Waals surface area (Å²) >= 11 is 0. The second kappa shape index (κ2) is 9.94. The second-order valence-corrected chi connectivity index (χ2v) is 7.64. The minimum Gasteiger partial charge on any atom is -0.467 e. The summed E-state index contributed by atoms with van der Waals surface area (Å²) in [6, 6.07) is 6.93. The van der Waals surface area contributed by atoms with Gasteiger partial charge < -0.3 is 20.1 Å². The zero-order valence-electron chi connectivity index (χ0n) is 16.9. The summed E-state index contributed by atoms with van der Waals surface area (Å²) in [5.74, 6) is -1.27. The summed E-state index contributed by atoms with van der Waals surface area (Å²) in [4.78, 5) is 36.8. The van der Waals surface area contributed by atoms with Crippen LogP contribution in [0.2, 0.25) is 0 Å².